The zero-order chi connectivity index (χ0) is 19.3. The molecule has 0 heterocycles. The quantitative estimate of drug-likeness (QED) is 0.784. The molecule has 0 spiro atoms. The second-order valence-electron chi connectivity index (χ2n) is 6.27. The Morgan fingerprint density at radius 3 is 2.31 bits per heavy atom. The first-order valence-corrected chi connectivity index (χ1v) is 10.0. The maximum absolute atomic E-state index is 12.1. The zero-order valence-electron chi connectivity index (χ0n) is 14.9. The van der Waals surface area contributed by atoms with Crippen molar-refractivity contribution in [3.8, 4) is 0 Å². The molecule has 0 saturated carbocycles. The number of hydrogen-bond donors (Lipinski definition) is 1. The van der Waals surface area contributed by atoms with Crippen molar-refractivity contribution < 1.29 is 22.7 Å². The molecule has 0 aliphatic heterocycles. The van der Waals surface area contributed by atoms with Crippen LogP contribution >= 0.6 is 0 Å². The van der Waals surface area contributed by atoms with Gasteiger partial charge in [-0.1, -0.05) is 18.2 Å². The Morgan fingerprint density at radius 2 is 1.69 bits per heavy atom. The maximum Gasteiger partial charge on any atom is 0.338 e. The number of rotatable bonds is 6. The Kier molecular flexibility index (Phi) is 6.15. The summed E-state index contributed by atoms with van der Waals surface area (Å²) >= 11 is 0. The fraction of sp³-hybridized carbons (Fsp3) is 0.263. The van der Waals surface area contributed by atoms with Crippen LogP contribution in [0, 0.1) is 13.8 Å². The highest BCUT2D eigenvalue weighted by Crippen LogP contribution is 2.14. The number of sulfone groups is 1. The lowest BCUT2D eigenvalue weighted by Gasteiger charge is -2.09. The van der Waals surface area contributed by atoms with Crippen LogP contribution in [-0.4, -0.2) is 33.2 Å². The lowest BCUT2D eigenvalue weighted by molar-refractivity contribution is -0.119. The Hall–Kier alpha value is -2.67. The number of anilines is 1. The van der Waals surface area contributed by atoms with E-state index in [4.69, 9.17) is 4.74 Å². The molecule has 1 N–H and O–H groups in total. The number of ether oxygens (including phenoxy) is 1. The van der Waals surface area contributed by atoms with Crippen LogP contribution in [0.4, 0.5) is 5.69 Å². The lowest BCUT2D eigenvalue weighted by Crippen LogP contribution is -2.21. The van der Waals surface area contributed by atoms with E-state index in [-0.39, 0.29) is 11.3 Å². The van der Waals surface area contributed by atoms with Gasteiger partial charge >= 0.3 is 5.97 Å². The Balaban J connectivity index is 1.95. The van der Waals surface area contributed by atoms with Crippen LogP contribution in [0.1, 0.15) is 27.0 Å². The number of hydrogen-bond acceptors (Lipinski definition) is 5. The van der Waals surface area contributed by atoms with E-state index in [9.17, 15) is 18.0 Å². The fourth-order valence-corrected chi connectivity index (χ4v) is 3.33. The van der Waals surface area contributed by atoms with Crippen LogP contribution in [0.5, 0.6) is 0 Å². The summed E-state index contributed by atoms with van der Waals surface area (Å²) in [6.07, 6.45) is 1.12. The first-order valence-electron chi connectivity index (χ1n) is 7.94. The highest BCUT2D eigenvalue weighted by Gasteiger charge is 2.13. The number of carbonyl (C=O) groups excluding carboxylic acids is 2. The smallest absolute Gasteiger partial charge is 0.338 e. The van der Waals surface area contributed by atoms with Gasteiger partial charge in [0.1, 0.15) is 0 Å². The van der Waals surface area contributed by atoms with Gasteiger partial charge in [0.25, 0.3) is 5.91 Å². The highest BCUT2D eigenvalue weighted by molar-refractivity contribution is 7.89. The summed E-state index contributed by atoms with van der Waals surface area (Å²) < 4.78 is 27.7. The summed E-state index contributed by atoms with van der Waals surface area (Å²) in [5.41, 5.74) is 3.35. The summed E-state index contributed by atoms with van der Waals surface area (Å²) in [5.74, 6) is -1.30. The molecule has 6 nitrogen and oxygen atoms in total. The predicted molar refractivity (Wildman–Crippen MR) is 99.8 cm³/mol. The largest absolute Gasteiger partial charge is 0.452 e. The van der Waals surface area contributed by atoms with E-state index >= 15 is 0 Å². The van der Waals surface area contributed by atoms with Gasteiger partial charge in [0.05, 0.1) is 11.3 Å². The Labute approximate surface area is 153 Å². The van der Waals surface area contributed by atoms with Crippen molar-refractivity contribution in [2.45, 2.75) is 19.6 Å². The zero-order valence-corrected chi connectivity index (χ0v) is 15.7. The van der Waals surface area contributed by atoms with Gasteiger partial charge < -0.3 is 10.1 Å². The second-order valence-corrected chi connectivity index (χ2v) is 8.41. The third-order valence-electron chi connectivity index (χ3n) is 3.43. The molecule has 138 valence electrons. The predicted octanol–water partition coefficient (Wildman–Crippen LogP) is 2.64. The van der Waals surface area contributed by atoms with E-state index in [2.05, 4.69) is 5.32 Å². The Bertz CT molecular complexity index is 914. The topological polar surface area (TPSA) is 89.5 Å². The van der Waals surface area contributed by atoms with Gasteiger partial charge in [-0.25, -0.2) is 13.2 Å². The average molecular weight is 375 g/mol. The average Bonchev–Trinajstić information content (AvgIpc) is 2.50. The van der Waals surface area contributed by atoms with Gasteiger partial charge in [-0.3, -0.25) is 4.79 Å². The van der Waals surface area contributed by atoms with E-state index in [0.717, 1.165) is 17.4 Å². The van der Waals surface area contributed by atoms with E-state index < -0.39 is 28.3 Å². The third-order valence-corrected chi connectivity index (χ3v) is 4.29. The van der Waals surface area contributed by atoms with E-state index in [1.165, 1.54) is 12.1 Å². The molecule has 0 aromatic heterocycles. The molecule has 0 saturated heterocycles. The second kappa shape index (κ2) is 8.14. The Morgan fingerprint density at radius 1 is 1.04 bits per heavy atom. The summed E-state index contributed by atoms with van der Waals surface area (Å²) in [4.78, 5) is 24.0. The van der Waals surface area contributed by atoms with Gasteiger partial charge in [-0.05, 0) is 54.8 Å². The molecule has 1 amide bonds. The van der Waals surface area contributed by atoms with Crippen molar-refractivity contribution in [2.75, 3.05) is 18.2 Å². The van der Waals surface area contributed by atoms with Crippen molar-refractivity contribution >= 4 is 27.4 Å². The van der Waals surface area contributed by atoms with E-state index in [1.807, 2.05) is 32.0 Å². The molecule has 2 aromatic rings. The molecule has 2 rings (SSSR count). The first kappa shape index (κ1) is 19.7. The molecular formula is C19H21NO5S. The molecular weight excluding hydrogens is 354 g/mol. The van der Waals surface area contributed by atoms with Crippen LogP contribution < -0.4 is 5.32 Å². The monoisotopic (exact) mass is 375 g/mol. The van der Waals surface area contributed by atoms with Crippen molar-refractivity contribution in [1.29, 1.82) is 0 Å². The fourth-order valence-electron chi connectivity index (χ4n) is 2.55. The standard InChI is InChI=1S/C19H21NO5S/c1-13-7-14(2)9-17(8-13)20-18(21)11-25-19(22)16-6-4-5-15(10-16)12-26(3,23)24/h4-10H,11-12H2,1-3H3,(H,20,21). The van der Waals surface area contributed by atoms with Crippen LogP contribution in [0.3, 0.4) is 0 Å². The molecule has 0 unspecified atom stereocenters. The third kappa shape index (κ3) is 6.33. The summed E-state index contributed by atoms with van der Waals surface area (Å²) in [6, 6.07) is 11.8. The lowest BCUT2D eigenvalue weighted by atomic mass is 10.1. The molecule has 0 aliphatic carbocycles. The number of esters is 1. The van der Waals surface area contributed by atoms with E-state index in [0.29, 0.717) is 11.3 Å². The number of amides is 1. The minimum atomic E-state index is -3.20. The molecule has 7 heteroatoms. The van der Waals surface area contributed by atoms with Gasteiger partial charge in [-0.15, -0.1) is 0 Å². The summed E-state index contributed by atoms with van der Waals surface area (Å²) in [5, 5.41) is 2.68. The number of aryl methyl sites for hydroxylation is 2. The number of carbonyl (C=O) groups is 2. The molecule has 0 aliphatic rings. The summed E-state index contributed by atoms with van der Waals surface area (Å²) in [6.45, 7) is 3.42. The normalized spacial score (nSPS) is 11.0. The van der Waals surface area contributed by atoms with Crippen LogP contribution in [0.25, 0.3) is 0 Å². The minimum Gasteiger partial charge on any atom is -0.452 e. The maximum atomic E-state index is 12.1. The van der Waals surface area contributed by atoms with Crippen molar-refractivity contribution in [3.63, 3.8) is 0 Å². The highest BCUT2D eigenvalue weighted by atomic mass is 32.2. The van der Waals surface area contributed by atoms with Crippen molar-refractivity contribution in [3.05, 3.63) is 64.7 Å². The molecule has 0 fully saturated rings. The molecule has 0 bridgehead atoms. The van der Waals surface area contributed by atoms with Gasteiger partial charge in [0.2, 0.25) is 0 Å². The van der Waals surface area contributed by atoms with Gasteiger partial charge in [0.15, 0.2) is 16.4 Å². The van der Waals surface area contributed by atoms with Crippen LogP contribution in [0.2, 0.25) is 0 Å². The molecule has 26 heavy (non-hydrogen) atoms. The van der Waals surface area contributed by atoms with Crippen molar-refractivity contribution in [1.82, 2.24) is 0 Å². The number of nitrogens with one attached hydrogen (secondary N) is 1. The van der Waals surface area contributed by atoms with Crippen LogP contribution in [-0.2, 0) is 25.1 Å². The minimum absolute atomic E-state index is 0.165. The first-order chi connectivity index (χ1) is 12.1. The van der Waals surface area contributed by atoms with Gasteiger partial charge in [0, 0.05) is 11.9 Å². The SMILES string of the molecule is Cc1cc(C)cc(NC(=O)COC(=O)c2cccc(CS(C)(=O)=O)c2)c1. The van der Waals surface area contributed by atoms with E-state index in [1.54, 1.807) is 12.1 Å². The molecule has 2 aromatic carbocycles. The van der Waals surface area contributed by atoms with Crippen LogP contribution in [0.15, 0.2) is 42.5 Å². The molecule has 0 radical (unpaired) electrons. The molecule has 0 atom stereocenters. The summed E-state index contributed by atoms with van der Waals surface area (Å²) in [7, 11) is -3.20. The van der Waals surface area contributed by atoms with Crippen molar-refractivity contribution in [2.24, 2.45) is 0 Å². The number of benzene rings is 2. The van der Waals surface area contributed by atoms with Gasteiger partial charge in [-0.2, -0.15) is 0 Å².